The molecule has 0 N–H and O–H groups in total. The zero-order valence-corrected chi connectivity index (χ0v) is 38.9. The molecule has 0 aliphatic heterocycles. The summed E-state index contributed by atoms with van der Waals surface area (Å²) in [6.45, 7) is 2.41. The van der Waals surface area contributed by atoms with Gasteiger partial charge in [0.25, 0.3) is 0 Å². The number of nitrogens with zero attached hydrogens (tertiary/aromatic N) is 1. The second kappa shape index (κ2) is 15.6. The summed E-state index contributed by atoms with van der Waals surface area (Å²) in [5.41, 5.74) is 19.0. The number of rotatable bonds is 7. The van der Waals surface area contributed by atoms with Crippen molar-refractivity contribution in [2.45, 2.75) is 17.8 Å². The van der Waals surface area contributed by atoms with Crippen LogP contribution in [0, 0.1) is 0 Å². The van der Waals surface area contributed by atoms with Crippen LogP contribution in [0.3, 0.4) is 0 Å². The van der Waals surface area contributed by atoms with Gasteiger partial charge < -0.3 is 4.90 Å². The van der Waals surface area contributed by atoms with Gasteiger partial charge in [0.15, 0.2) is 0 Å². The van der Waals surface area contributed by atoms with Crippen molar-refractivity contribution in [3.05, 3.63) is 306 Å². The Morgan fingerprint density at radius 3 is 1.24 bits per heavy atom. The summed E-state index contributed by atoms with van der Waals surface area (Å²) in [6, 6.07) is 99.6. The van der Waals surface area contributed by atoms with Gasteiger partial charge in [0.05, 0.1) is 5.41 Å². The molecule has 0 bridgehead atoms. The van der Waals surface area contributed by atoms with Crippen LogP contribution >= 0.6 is 0 Å². The summed E-state index contributed by atoms with van der Waals surface area (Å²) >= 11 is 0. The maximum absolute atomic E-state index is 2.49. The van der Waals surface area contributed by atoms with Crippen molar-refractivity contribution in [2.24, 2.45) is 0 Å². The van der Waals surface area contributed by atoms with E-state index < -0.39 is 5.41 Å². The zero-order valence-electron chi connectivity index (χ0n) is 38.9. The molecular formula is C69H47N. The van der Waals surface area contributed by atoms with Gasteiger partial charge in [-0.15, -0.1) is 0 Å². The molecule has 0 aromatic heterocycles. The van der Waals surface area contributed by atoms with E-state index in [4.69, 9.17) is 0 Å². The minimum atomic E-state index is -0.531. The number of benzene rings is 12. The predicted octanol–water partition coefficient (Wildman–Crippen LogP) is 18.0. The fraction of sp³-hybridized carbons (Fsp3) is 0.0435. The van der Waals surface area contributed by atoms with Crippen molar-refractivity contribution in [3.8, 4) is 33.4 Å². The van der Waals surface area contributed by atoms with E-state index in [2.05, 4.69) is 279 Å². The van der Waals surface area contributed by atoms with E-state index in [1.807, 2.05) is 0 Å². The standard InChI is InChI=1S/C69H47N/c1-68(48-19-5-2-6-20-48)64-31-17-15-29-59(64)61-41-38-52(44-66(61)68)70(51-36-33-46(34-37-51)47-35-40-58-56-27-12-11-25-54(56)55-26-13-14-28-57(55)63(58)43-47)53-39-42-62-60-30-16-18-32-65(60)69(67(62)45-53,49-21-7-3-8-22-49)50-23-9-4-10-24-50/h2-45H,1H3. The molecule has 0 heterocycles. The largest absolute Gasteiger partial charge is 0.310 e. The van der Waals surface area contributed by atoms with Crippen molar-refractivity contribution in [3.63, 3.8) is 0 Å². The average Bonchev–Trinajstić information content (AvgIpc) is 3.88. The third-order valence-electron chi connectivity index (χ3n) is 15.8. The third kappa shape index (κ3) is 5.79. The third-order valence-corrected chi connectivity index (χ3v) is 15.8. The quantitative estimate of drug-likeness (QED) is 0.144. The van der Waals surface area contributed by atoms with Gasteiger partial charge in [-0.05, 0) is 154 Å². The van der Waals surface area contributed by atoms with Gasteiger partial charge in [-0.1, -0.05) is 224 Å². The summed E-state index contributed by atoms with van der Waals surface area (Å²) in [4.78, 5) is 2.49. The number of hydrogen-bond donors (Lipinski definition) is 0. The molecule has 0 spiro atoms. The van der Waals surface area contributed by atoms with Crippen LogP contribution in [0.15, 0.2) is 267 Å². The molecule has 0 fully saturated rings. The van der Waals surface area contributed by atoms with Crippen LogP contribution in [0.25, 0.3) is 65.7 Å². The van der Waals surface area contributed by atoms with Crippen LogP contribution in [-0.2, 0) is 10.8 Å². The highest BCUT2D eigenvalue weighted by molar-refractivity contribution is 6.25. The molecule has 1 heteroatoms. The van der Waals surface area contributed by atoms with Crippen molar-refractivity contribution in [1.29, 1.82) is 0 Å². The molecule has 1 nitrogen and oxygen atoms in total. The van der Waals surface area contributed by atoms with E-state index in [-0.39, 0.29) is 5.41 Å². The molecule has 1 atom stereocenters. The van der Waals surface area contributed by atoms with Gasteiger partial charge in [0.1, 0.15) is 0 Å². The molecule has 2 aliphatic rings. The van der Waals surface area contributed by atoms with Crippen molar-refractivity contribution in [2.75, 3.05) is 4.90 Å². The van der Waals surface area contributed by atoms with Gasteiger partial charge in [0.2, 0.25) is 0 Å². The fourth-order valence-corrected chi connectivity index (χ4v) is 12.6. The summed E-state index contributed by atoms with van der Waals surface area (Å²) in [6.07, 6.45) is 0. The van der Waals surface area contributed by atoms with Crippen LogP contribution in [0.2, 0.25) is 0 Å². The van der Waals surface area contributed by atoms with E-state index >= 15 is 0 Å². The van der Waals surface area contributed by atoms with E-state index in [0.717, 1.165) is 17.1 Å². The predicted molar refractivity (Wildman–Crippen MR) is 294 cm³/mol. The second-order valence-corrected chi connectivity index (χ2v) is 19.3. The molecule has 70 heavy (non-hydrogen) atoms. The lowest BCUT2D eigenvalue weighted by Crippen LogP contribution is -2.28. The van der Waals surface area contributed by atoms with E-state index in [9.17, 15) is 0 Å². The molecule has 14 rings (SSSR count). The van der Waals surface area contributed by atoms with E-state index in [1.54, 1.807) is 0 Å². The lowest BCUT2D eigenvalue weighted by atomic mass is 9.67. The van der Waals surface area contributed by atoms with Crippen LogP contribution in [0.4, 0.5) is 17.1 Å². The second-order valence-electron chi connectivity index (χ2n) is 19.3. The SMILES string of the molecule is CC1(c2ccccc2)c2ccccc2-c2ccc(N(c3ccc(-c4ccc5c6ccccc6c6ccccc6c5c4)cc3)c3ccc4c(c3)C(c3ccccc3)(c3ccccc3)c3ccccc3-4)cc21. The highest BCUT2D eigenvalue weighted by Gasteiger charge is 2.46. The average molecular weight is 890 g/mol. The van der Waals surface area contributed by atoms with Crippen LogP contribution in [0.1, 0.15) is 45.9 Å². The molecule has 0 radical (unpaired) electrons. The van der Waals surface area contributed by atoms with Gasteiger partial charge in [0, 0.05) is 22.5 Å². The van der Waals surface area contributed by atoms with E-state index in [1.165, 1.54) is 105 Å². The first-order chi connectivity index (χ1) is 34.6. The Morgan fingerprint density at radius 2 is 0.657 bits per heavy atom. The molecular weight excluding hydrogens is 843 g/mol. The van der Waals surface area contributed by atoms with Gasteiger partial charge in [-0.3, -0.25) is 0 Å². The molecule has 2 aliphatic carbocycles. The molecule has 328 valence electrons. The van der Waals surface area contributed by atoms with Gasteiger partial charge in [-0.25, -0.2) is 0 Å². The number of fused-ring (bicyclic) bond motifs is 12. The number of hydrogen-bond acceptors (Lipinski definition) is 1. The number of anilines is 3. The van der Waals surface area contributed by atoms with E-state index in [0.29, 0.717) is 0 Å². The summed E-state index contributed by atoms with van der Waals surface area (Å²) in [5, 5.41) is 7.71. The molecule has 12 aromatic carbocycles. The molecule has 12 aromatic rings. The zero-order chi connectivity index (χ0) is 46.4. The molecule has 0 saturated carbocycles. The fourth-order valence-electron chi connectivity index (χ4n) is 12.6. The first kappa shape index (κ1) is 40.3. The van der Waals surface area contributed by atoms with Crippen molar-refractivity contribution >= 4 is 49.4 Å². The minimum absolute atomic E-state index is 0.348. The highest BCUT2D eigenvalue weighted by Crippen LogP contribution is 2.58. The van der Waals surface area contributed by atoms with Crippen molar-refractivity contribution in [1.82, 2.24) is 0 Å². The Balaban J connectivity index is 0.981. The maximum Gasteiger partial charge on any atom is 0.0714 e. The normalized spacial score (nSPS) is 15.1. The Bertz CT molecular complexity index is 3930. The molecule has 0 saturated heterocycles. The molecule has 1 unspecified atom stereocenters. The maximum atomic E-state index is 2.49. The van der Waals surface area contributed by atoms with Gasteiger partial charge >= 0.3 is 0 Å². The smallest absolute Gasteiger partial charge is 0.0714 e. The summed E-state index contributed by atoms with van der Waals surface area (Å²) in [5.74, 6) is 0. The Kier molecular flexibility index (Phi) is 9.00. The topological polar surface area (TPSA) is 3.24 Å². The Labute approximate surface area is 409 Å². The highest BCUT2D eigenvalue weighted by atomic mass is 15.1. The monoisotopic (exact) mass is 889 g/mol. The van der Waals surface area contributed by atoms with Crippen LogP contribution in [0.5, 0.6) is 0 Å². The lowest BCUT2D eigenvalue weighted by molar-refractivity contribution is 0.714. The van der Waals surface area contributed by atoms with Crippen molar-refractivity contribution < 1.29 is 0 Å². The van der Waals surface area contributed by atoms with Crippen LogP contribution < -0.4 is 4.90 Å². The lowest BCUT2D eigenvalue weighted by Gasteiger charge is -2.35. The molecule has 0 amide bonds. The van der Waals surface area contributed by atoms with Crippen LogP contribution in [-0.4, -0.2) is 0 Å². The summed E-state index contributed by atoms with van der Waals surface area (Å²) < 4.78 is 0. The minimum Gasteiger partial charge on any atom is -0.310 e. The Hall–Kier alpha value is -8.78. The summed E-state index contributed by atoms with van der Waals surface area (Å²) in [7, 11) is 0. The first-order valence-corrected chi connectivity index (χ1v) is 24.5. The van der Waals surface area contributed by atoms with Gasteiger partial charge in [-0.2, -0.15) is 0 Å². The Morgan fingerprint density at radius 1 is 0.257 bits per heavy atom. The first-order valence-electron chi connectivity index (χ1n) is 24.5.